The van der Waals surface area contributed by atoms with Crippen LogP contribution in [0.25, 0.3) is 0 Å². The summed E-state index contributed by atoms with van der Waals surface area (Å²) >= 11 is 11.4. The van der Waals surface area contributed by atoms with Gasteiger partial charge in [-0.05, 0) is 43.4 Å². The Morgan fingerprint density at radius 1 is 0.958 bits per heavy atom. The Balaban J connectivity index is -0.000000136. The number of hydrogen-bond acceptors (Lipinski definition) is 4. The van der Waals surface area contributed by atoms with Gasteiger partial charge in [-0.2, -0.15) is 18.0 Å². The van der Waals surface area contributed by atoms with E-state index in [-0.39, 0.29) is 41.7 Å². The van der Waals surface area contributed by atoms with E-state index in [1.54, 1.807) is 12.5 Å². The van der Waals surface area contributed by atoms with Crippen molar-refractivity contribution in [3.63, 3.8) is 0 Å². The zero-order chi connectivity index (χ0) is 16.1. The number of halogens is 2. The molecule has 0 spiro atoms. The zero-order valence-corrected chi connectivity index (χ0v) is 18.8. The summed E-state index contributed by atoms with van der Waals surface area (Å²) in [4.78, 5) is 8.25. The van der Waals surface area contributed by atoms with E-state index in [2.05, 4.69) is 34.9 Å². The molecule has 0 amide bonds. The summed E-state index contributed by atoms with van der Waals surface area (Å²) in [7, 11) is 0. The number of alkyl halides is 1. The molecule has 24 heavy (non-hydrogen) atoms. The maximum atomic E-state index is 5.54. The molecule has 0 radical (unpaired) electrons. The molecule has 0 aliphatic heterocycles. The van der Waals surface area contributed by atoms with Gasteiger partial charge in [0.25, 0.3) is 0 Å². The van der Waals surface area contributed by atoms with Gasteiger partial charge >= 0.3 is 29.6 Å². The number of aryl methyl sites for hydroxylation is 2. The monoisotopic (exact) mass is 400 g/mol. The Kier molecular flexibility index (Phi) is 28.3. The normalized spacial score (nSPS) is 7.92. The van der Waals surface area contributed by atoms with Crippen LogP contribution in [-0.2, 0) is 24.3 Å². The van der Waals surface area contributed by atoms with Crippen LogP contribution in [0, 0.1) is 13.8 Å². The van der Waals surface area contributed by atoms with Crippen LogP contribution in [0.3, 0.4) is 0 Å². The van der Waals surface area contributed by atoms with Crippen LogP contribution in [0.4, 0.5) is 4.70 Å². The largest absolute Gasteiger partial charge is 1.00 e. The summed E-state index contributed by atoms with van der Waals surface area (Å²) in [6.45, 7) is 3.96. The molecule has 2 rings (SSSR count). The van der Waals surface area contributed by atoms with Gasteiger partial charge in [0.05, 0.1) is 0 Å². The predicted octanol–water partition coefficient (Wildman–Crippen LogP) is 2.34. The Hall–Kier alpha value is 0.220. The first-order valence-corrected chi connectivity index (χ1v) is 9.19. The van der Waals surface area contributed by atoms with Crippen molar-refractivity contribution in [2.75, 3.05) is 12.5 Å². The zero-order valence-electron chi connectivity index (χ0n) is 14.4. The molecule has 0 aromatic carbocycles. The number of thioether (sulfide) groups is 1. The maximum Gasteiger partial charge on any atom is 1.00 e. The van der Waals surface area contributed by atoms with Crippen molar-refractivity contribution in [3.05, 3.63) is 59.2 Å². The molecule has 0 bridgehead atoms. The van der Waals surface area contributed by atoms with Gasteiger partial charge in [0.2, 0.25) is 0 Å². The Morgan fingerprint density at radius 2 is 1.38 bits per heavy atom. The fourth-order valence-electron chi connectivity index (χ4n) is 1.33. The summed E-state index contributed by atoms with van der Waals surface area (Å²) in [5.74, 6) is 1.61. The molecule has 0 saturated carbocycles. The average Bonchev–Trinajstić information content (AvgIpc) is 2.53. The van der Waals surface area contributed by atoms with E-state index in [1.165, 1.54) is 5.56 Å². The summed E-state index contributed by atoms with van der Waals surface area (Å²) in [6.07, 6.45) is 7.41. The summed E-state index contributed by atoms with van der Waals surface area (Å²) in [5, 5.41) is 0. The molecule has 2 aromatic heterocycles. The van der Waals surface area contributed by atoms with Gasteiger partial charge in [-0.1, -0.05) is 19.6 Å². The third kappa shape index (κ3) is 15.7. The van der Waals surface area contributed by atoms with E-state index in [4.69, 9.17) is 11.6 Å². The minimum Gasteiger partial charge on any atom is -0.796 e. The molecule has 0 atom stereocenters. The average molecular weight is 401 g/mol. The molecule has 2 aromatic rings. The van der Waals surface area contributed by atoms with E-state index in [9.17, 15) is 0 Å². The van der Waals surface area contributed by atoms with Crippen molar-refractivity contribution in [3.8, 4) is 0 Å². The second-order valence-electron chi connectivity index (χ2n) is 4.18. The van der Waals surface area contributed by atoms with Crippen LogP contribution in [-0.4, -0.2) is 22.5 Å². The number of pyridine rings is 2. The molecule has 7 heteroatoms. The van der Waals surface area contributed by atoms with E-state index >= 15 is 0 Å². The van der Waals surface area contributed by atoms with Crippen LogP contribution >= 0.6 is 23.4 Å². The fraction of sp³-hybridized carbons (Fsp3) is 0.412. The quantitative estimate of drug-likeness (QED) is 0.448. The molecule has 132 valence electrons. The third-order valence-electron chi connectivity index (χ3n) is 2.41. The fourth-order valence-corrected chi connectivity index (χ4v) is 1.99. The van der Waals surface area contributed by atoms with Crippen molar-refractivity contribution in [2.45, 2.75) is 32.9 Å². The van der Waals surface area contributed by atoms with E-state index < -0.39 is 0 Å². The van der Waals surface area contributed by atoms with Crippen molar-refractivity contribution in [2.24, 2.45) is 0 Å². The maximum absolute atomic E-state index is 5.54. The van der Waals surface area contributed by atoms with Crippen molar-refractivity contribution < 1.29 is 34.3 Å². The molecular formula is C17H27ClFN2NaS2. The molecular weight excluding hydrogens is 374 g/mol. The first kappa shape index (κ1) is 31.9. The van der Waals surface area contributed by atoms with E-state index in [0.717, 1.165) is 22.7 Å². The third-order valence-corrected chi connectivity index (χ3v) is 3.34. The summed E-state index contributed by atoms with van der Waals surface area (Å²) in [6, 6.07) is 8.11. The molecule has 0 unspecified atom stereocenters. The number of hydrogen-bond donors (Lipinski definition) is 0. The topological polar surface area (TPSA) is 25.8 Å². The minimum absolute atomic E-state index is 0. The second kappa shape index (κ2) is 21.3. The minimum atomic E-state index is 0. The molecule has 0 aliphatic carbocycles. The molecule has 0 N–H and O–H groups in total. The first-order chi connectivity index (χ1) is 10.2. The van der Waals surface area contributed by atoms with Gasteiger partial charge in [0, 0.05) is 35.4 Å². The first-order valence-electron chi connectivity index (χ1n) is 6.44. The smallest absolute Gasteiger partial charge is 0.796 e. The van der Waals surface area contributed by atoms with Crippen LogP contribution < -0.4 is 29.6 Å². The standard InChI is InChI=1S/C8H11NS.C7H8ClN.CH4S.CH4.FH.Na/c1-7-3-4-8(5-9-7)6-10-2;1-6-2-3-7(4-8)5-9-6;1-2;;;/h3-5H,6H2,1-2H3;2-3,5H,4H2,1H3;2H,1H3;1H4;1H;/q;;;;;+1/p-1. The molecule has 2 nitrogen and oxygen atoms in total. The Labute approximate surface area is 183 Å². The van der Waals surface area contributed by atoms with E-state index in [1.807, 2.05) is 50.0 Å². The molecule has 2 heterocycles. The predicted molar refractivity (Wildman–Crippen MR) is 107 cm³/mol. The summed E-state index contributed by atoms with van der Waals surface area (Å²) < 4.78 is 0. The van der Waals surface area contributed by atoms with Gasteiger partial charge in [-0.25, -0.2) is 0 Å². The number of rotatable bonds is 3. The SMILES string of the molecule is C.CSCc1ccc(C)nc1.C[S-].Cc1ccc(CCl)cn1.F.[Na+]. The van der Waals surface area contributed by atoms with Gasteiger partial charge in [0.15, 0.2) is 0 Å². The molecule has 0 fully saturated rings. The van der Waals surface area contributed by atoms with Crippen molar-refractivity contribution in [1.29, 1.82) is 0 Å². The second-order valence-corrected chi connectivity index (χ2v) is 5.32. The van der Waals surface area contributed by atoms with Crippen LogP contribution in [0.5, 0.6) is 0 Å². The Bertz CT molecular complexity index is 485. The number of nitrogens with zero attached hydrogens (tertiary/aromatic N) is 2. The van der Waals surface area contributed by atoms with Gasteiger partial charge in [-0.15, -0.1) is 11.6 Å². The van der Waals surface area contributed by atoms with Gasteiger partial charge in [-0.3, -0.25) is 14.7 Å². The van der Waals surface area contributed by atoms with Crippen LogP contribution in [0.1, 0.15) is 29.9 Å². The number of aromatic nitrogens is 2. The van der Waals surface area contributed by atoms with Gasteiger partial charge in [0.1, 0.15) is 0 Å². The van der Waals surface area contributed by atoms with Crippen LogP contribution in [0.2, 0.25) is 0 Å². The Morgan fingerprint density at radius 3 is 1.67 bits per heavy atom. The van der Waals surface area contributed by atoms with Crippen molar-refractivity contribution in [1.82, 2.24) is 9.97 Å². The van der Waals surface area contributed by atoms with Gasteiger partial charge < -0.3 is 12.6 Å². The van der Waals surface area contributed by atoms with Crippen LogP contribution in [0.15, 0.2) is 36.7 Å². The summed E-state index contributed by atoms with van der Waals surface area (Å²) in [5.41, 5.74) is 4.49. The molecule has 0 aliphatic rings. The van der Waals surface area contributed by atoms with E-state index in [0.29, 0.717) is 5.88 Å². The molecule has 0 saturated heterocycles. The van der Waals surface area contributed by atoms with Crippen molar-refractivity contribution >= 4 is 36.0 Å².